The van der Waals surface area contributed by atoms with Crippen LogP contribution in [0.15, 0.2) is 12.1 Å². The molecule has 0 radical (unpaired) electrons. The van der Waals surface area contributed by atoms with Gasteiger partial charge in [0.25, 0.3) is 5.91 Å². The molecule has 34 heavy (non-hydrogen) atoms. The van der Waals surface area contributed by atoms with Gasteiger partial charge in [-0.3, -0.25) is 14.3 Å². The van der Waals surface area contributed by atoms with E-state index in [9.17, 15) is 23.5 Å². The number of ether oxygens (including phenoxy) is 2. The number of halogens is 2. The second kappa shape index (κ2) is 11.8. The first-order valence-corrected chi connectivity index (χ1v) is 11.2. The molecule has 0 fully saturated rings. The quantitative estimate of drug-likeness (QED) is 0.462. The number of carbonyl (C=O) groups excluding carboxylic acids is 1. The number of carboxylic acids is 1. The lowest BCUT2D eigenvalue weighted by molar-refractivity contribution is -0.137. The van der Waals surface area contributed by atoms with Crippen LogP contribution < -0.4 is 14.8 Å². The lowest BCUT2D eigenvalue weighted by Crippen LogP contribution is -2.37. The summed E-state index contributed by atoms with van der Waals surface area (Å²) in [5, 5.41) is 16.3. The van der Waals surface area contributed by atoms with Gasteiger partial charge in [-0.15, -0.1) is 0 Å². The number of aromatic nitrogens is 2. The zero-order valence-electron chi connectivity index (χ0n) is 20.4. The molecule has 0 saturated carbocycles. The first-order chi connectivity index (χ1) is 16.0. The zero-order chi connectivity index (χ0) is 25.6. The summed E-state index contributed by atoms with van der Waals surface area (Å²) in [7, 11) is 2.51. The van der Waals surface area contributed by atoms with E-state index in [4.69, 9.17) is 9.47 Å². The van der Waals surface area contributed by atoms with Crippen LogP contribution in [-0.2, 0) is 11.3 Å². The number of nitrogens with one attached hydrogen (secondary N) is 1. The molecule has 2 rings (SSSR count). The molecule has 188 valence electrons. The summed E-state index contributed by atoms with van der Waals surface area (Å²) in [6.45, 7) is 8.20. The normalized spacial score (nSPS) is 13.0. The third-order valence-electron chi connectivity index (χ3n) is 5.51. The average molecular weight is 482 g/mol. The average Bonchev–Trinajstić information content (AvgIpc) is 3.15. The maximum absolute atomic E-state index is 14.6. The zero-order valence-corrected chi connectivity index (χ0v) is 20.4. The number of benzene rings is 1. The number of carboxylic acid groups (broad SMARTS) is 1. The van der Waals surface area contributed by atoms with Gasteiger partial charge in [-0.2, -0.15) is 5.10 Å². The summed E-state index contributed by atoms with van der Waals surface area (Å²) in [5.41, 5.74) is 0.240. The number of aliphatic carboxylic acids is 1. The van der Waals surface area contributed by atoms with Crippen LogP contribution >= 0.6 is 0 Å². The first kappa shape index (κ1) is 27.1. The highest BCUT2D eigenvalue weighted by molar-refractivity contribution is 5.94. The maximum Gasteiger partial charge on any atom is 0.305 e. The minimum absolute atomic E-state index is 0.00150. The van der Waals surface area contributed by atoms with E-state index >= 15 is 0 Å². The second-order valence-corrected chi connectivity index (χ2v) is 8.79. The Kier molecular flexibility index (Phi) is 9.40. The highest BCUT2D eigenvalue weighted by Crippen LogP contribution is 2.42. The van der Waals surface area contributed by atoms with Crippen molar-refractivity contribution in [2.24, 2.45) is 11.8 Å². The van der Waals surface area contributed by atoms with Crippen LogP contribution in [-0.4, -0.2) is 47.0 Å². The fourth-order valence-electron chi connectivity index (χ4n) is 3.74. The Morgan fingerprint density at radius 2 is 1.71 bits per heavy atom. The molecule has 0 spiro atoms. The molecule has 10 heteroatoms. The molecule has 0 saturated heterocycles. The molecule has 0 aliphatic rings. The van der Waals surface area contributed by atoms with Crippen molar-refractivity contribution >= 4 is 11.9 Å². The topological polar surface area (TPSA) is 103 Å². The predicted molar refractivity (Wildman–Crippen MR) is 123 cm³/mol. The Hall–Kier alpha value is -3.17. The summed E-state index contributed by atoms with van der Waals surface area (Å²) < 4.78 is 41.0. The molecule has 2 atom stereocenters. The van der Waals surface area contributed by atoms with E-state index in [-0.39, 0.29) is 46.7 Å². The molecule has 1 amide bonds. The fourth-order valence-corrected chi connectivity index (χ4v) is 3.74. The predicted octanol–water partition coefficient (Wildman–Crippen LogP) is 4.51. The highest BCUT2D eigenvalue weighted by Gasteiger charge is 2.28. The minimum atomic E-state index is -1.03. The lowest BCUT2D eigenvalue weighted by atomic mass is 10.0. The molecule has 2 aromatic rings. The van der Waals surface area contributed by atoms with Crippen LogP contribution in [0.5, 0.6) is 11.5 Å². The number of nitrogens with zero attached hydrogens (tertiary/aromatic N) is 2. The van der Waals surface area contributed by atoms with E-state index in [1.54, 1.807) is 0 Å². The standard InChI is InChI=1S/C24H33F2N3O5/c1-7-14(4)12-29-19(21-22(33-5)16(25)10-17(26)23(21)34-6)11-18(28-29)24(32)27-15(8-13(2)3)9-20(30)31/h10-11,13-15H,7-9,12H2,1-6H3,(H,27,32)(H,30,31)/t14?,15-/m0/s1. The maximum atomic E-state index is 14.6. The minimum Gasteiger partial charge on any atom is -0.493 e. The van der Waals surface area contributed by atoms with E-state index < -0.39 is 29.6 Å². The van der Waals surface area contributed by atoms with Gasteiger partial charge in [0.05, 0.1) is 31.9 Å². The number of hydrogen-bond acceptors (Lipinski definition) is 5. The van der Waals surface area contributed by atoms with Crippen LogP contribution in [0, 0.1) is 23.5 Å². The monoisotopic (exact) mass is 481 g/mol. The van der Waals surface area contributed by atoms with Gasteiger partial charge in [-0.25, -0.2) is 8.78 Å². The van der Waals surface area contributed by atoms with Crippen molar-refractivity contribution in [3.63, 3.8) is 0 Å². The van der Waals surface area contributed by atoms with Crippen molar-refractivity contribution < 1.29 is 33.0 Å². The molecular weight excluding hydrogens is 448 g/mol. The van der Waals surface area contributed by atoms with Gasteiger partial charge in [0.15, 0.2) is 28.8 Å². The van der Waals surface area contributed by atoms with Crippen molar-refractivity contribution in [3.8, 4) is 22.8 Å². The third-order valence-corrected chi connectivity index (χ3v) is 5.51. The van der Waals surface area contributed by atoms with Crippen molar-refractivity contribution in [1.29, 1.82) is 0 Å². The number of amides is 1. The Balaban J connectivity index is 2.60. The lowest BCUT2D eigenvalue weighted by Gasteiger charge is -2.18. The van der Waals surface area contributed by atoms with Crippen LogP contribution in [0.1, 0.15) is 57.4 Å². The number of methoxy groups -OCH3 is 2. The summed E-state index contributed by atoms with van der Waals surface area (Å²) in [4.78, 5) is 24.3. The van der Waals surface area contributed by atoms with E-state index in [1.807, 2.05) is 27.7 Å². The Bertz CT molecular complexity index is 994. The van der Waals surface area contributed by atoms with Gasteiger partial charge < -0.3 is 19.9 Å². The molecule has 1 heterocycles. The van der Waals surface area contributed by atoms with Gasteiger partial charge in [-0.1, -0.05) is 34.1 Å². The van der Waals surface area contributed by atoms with Crippen LogP contribution in [0.3, 0.4) is 0 Å². The Labute approximate surface area is 198 Å². The van der Waals surface area contributed by atoms with E-state index in [0.717, 1.165) is 6.42 Å². The van der Waals surface area contributed by atoms with Crippen LogP contribution in [0.25, 0.3) is 11.3 Å². The summed E-state index contributed by atoms with van der Waals surface area (Å²) in [6, 6.07) is 1.49. The van der Waals surface area contributed by atoms with Crippen molar-refractivity contribution in [3.05, 3.63) is 29.5 Å². The molecule has 1 aromatic carbocycles. The van der Waals surface area contributed by atoms with Crippen molar-refractivity contribution in [2.45, 2.75) is 59.5 Å². The SMILES string of the molecule is CCC(C)Cn1nc(C(=O)N[C@H](CC(=O)O)CC(C)C)cc1-c1c(OC)c(F)cc(F)c1OC. The second-order valence-electron chi connectivity index (χ2n) is 8.79. The van der Waals surface area contributed by atoms with Crippen LogP contribution in [0.2, 0.25) is 0 Å². The Morgan fingerprint density at radius 3 is 2.18 bits per heavy atom. The molecule has 1 aromatic heterocycles. The number of carbonyl (C=O) groups is 2. The largest absolute Gasteiger partial charge is 0.493 e. The summed E-state index contributed by atoms with van der Waals surface area (Å²) in [6.07, 6.45) is 1.04. The fraction of sp³-hybridized carbons (Fsp3) is 0.542. The smallest absolute Gasteiger partial charge is 0.305 e. The number of rotatable bonds is 12. The van der Waals surface area contributed by atoms with Gasteiger partial charge in [0.1, 0.15) is 0 Å². The van der Waals surface area contributed by atoms with Crippen molar-refractivity contribution in [1.82, 2.24) is 15.1 Å². The number of hydrogen-bond donors (Lipinski definition) is 2. The van der Waals surface area contributed by atoms with Gasteiger partial charge >= 0.3 is 5.97 Å². The Morgan fingerprint density at radius 1 is 1.12 bits per heavy atom. The van der Waals surface area contributed by atoms with E-state index in [1.165, 1.54) is 25.0 Å². The molecule has 0 aliphatic heterocycles. The highest BCUT2D eigenvalue weighted by atomic mass is 19.1. The molecule has 0 aliphatic carbocycles. The first-order valence-electron chi connectivity index (χ1n) is 11.2. The summed E-state index contributed by atoms with van der Waals surface area (Å²) in [5.74, 6) is -3.62. The summed E-state index contributed by atoms with van der Waals surface area (Å²) >= 11 is 0. The van der Waals surface area contributed by atoms with E-state index in [0.29, 0.717) is 19.0 Å². The van der Waals surface area contributed by atoms with Gasteiger partial charge in [-0.05, 0) is 24.3 Å². The van der Waals surface area contributed by atoms with Gasteiger partial charge in [0.2, 0.25) is 0 Å². The van der Waals surface area contributed by atoms with Crippen LogP contribution in [0.4, 0.5) is 8.78 Å². The molecular formula is C24H33F2N3O5. The van der Waals surface area contributed by atoms with Gasteiger partial charge in [0, 0.05) is 18.7 Å². The molecule has 0 bridgehead atoms. The molecule has 8 nitrogen and oxygen atoms in total. The molecule has 2 N–H and O–H groups in total. The van der Waals surface area contributed by atoms with Crippen molar-refractivity contribution in [2.75, 3.05) is 14.2 Å². The third kappa shape index (κ3) is 6.45. The van der Waals surface area contributed by atoms with E-state index in [2.05, 4.69) is 10.4 Å². The molecule has 1 unspecified atom stereocenters.